The van der Waals surface area contributed by atoms with Gasteiger partial charge in [-0.25, -0.2) is 8.42 Å². The van der Waals surface area contributed by atoms with Crippen LogP contribution in [0.1, 0.15) is 12.8 Å². The maximum Gasteiger partial charge on any atom is 0.252 e. The summed E-state index contributed by atoms with van der Waals surface area (Å²) in [5.41, 5.74) is 0.905. The highest BCUT2D eigenvalue weighted by Gasteiger charge is 2.32. The minimum Gasteiger partial charge on any atom is -0.454 e. The van der Waals surface area contributed by atoms with E-state index in [0.29, 0.717) is 53.0 Å². The molecule has 1 fully saturated rings. The first-order valence-corrected chi connectivity index (χ1v) is 13.3. The number of carbonyl (C=O) groups excluding carboxylic acids is 1. The first-order chi connectivity index (χ1) is 15.5. The van der Waals surface area contributed by atoms with Crippen LogP contribution in [0.15, 0.2) is 51.5 Å². The van der Waals surface area contributed by atoms with Gasteiger partial charge < -0.3 is 14.0 Å². The molecule has 0 bridgehead atoms. The van der Waals surface area contributed by atoms with Crippen molar-refractivity contribution < 1.29 is 22.7 Å². The number of piperidine rings is 1. The third kappa shape index (κ3) is 3.79. The number of aromatic nitrogens is 1. The number of amides is 1. The summed E-state index contributed by atoms with van der Waals surface area (Å²) in [4.78, 5) is 18.0. The van der Waals surface area contributed by atoms with Crippen LogP contribution in [-0.2, 0) is 21.4 Å². The van der Waals surface area contributed by atoms with E-state index in [1.54, 1.807) is 23.6 Å². The summed E-state index contributed by atoms with van der Waals surface area (Å²) in [5.74, 6) is 0.832. The average Bonchev–Trinajstić information content (AvgIpc) is 3.54. The SMILES string of the molecule is C=CCn1c(=NC(=O)C2CCN(S(=O)(=O)c3cccs3)CC2)sc2cc3c(cc21)OCO3. The molecule has 1 saturated heterocycles. The van der Waals surface area contributed by atoms with Gasteiger partial charge in [0.2, 0.25) is 6.79 Å². The van der Waals surface area contributed by atoms with Crippen LogP contribution < -0.4 is 14.3 Å². The molecule has 2 aliphatic rings. The predicted molar refractivity (Wildman–Crippen MR) is 123 cm³/mol. The predicted octanol–water partition coefficient (Wildman–Crippen LogP) is 3.21. The fourth-order valence-corrected chi connectivity index (χ4v) is 7.59. The Morgan fingerprint density at radius 3 is 2.69 bits per heavy atom. The molecular weight excluding hydrogens is 470 g/mol. The summed E-state index contributed by atoms with van der Waals surface area (Å²) in [7, 11) is -3.49. The third-order valence-electron chi connectivity index (χ3n) is 5.59. The van der Waals surface area contributed by atoms with Crippen molar-refractivity contribution in [1.29, 1.82) is 0 Å². The molecule has 2 aromatic heterocycles. The Bertz CT molecular complexity index is 1350. The van der Waals surface area contributed by atoms with Crippen molar-refractivity contribution in [2.24, 2.45) is 10.9 Å². The van der Waals surface area contributed by atoms with Gasteiger partial charge in [-0.1, -0.05) is 23.5 Å². The molecule has 1 aromatic carbocycles. The topological polar surface area (TPSA) is 90.2 Å². The van der Waals surface area contributed by atoms with Crippen LogP contribution in [0.25, 0.3) is 10.2 Å². The van der Waals surface area contributed by atoms with Crippen LogP contribution in [-0.4, -0.2) is 43.1 Å². The zero-order chi connectivity index (χ0) is 22.3. The standard InChI is InChI=1S/C21H21N3O5S3/c1-2-7-24-15-11-16-17(29-13-28-16)12-18(15)31-21(24)22-20(25)14-5-8-23(9-6-14)32(26,27)19-4-3-10-30-19/h2-4,10-12,14H,1,5-9,13H2. The quantitative estimate of drug-likeness (QED) is 0.511. The van der Waals surface area contributed by atoms with E-state index in [1.165, 1.54) is 27.0 Å². The molecule has 11 heteroatoms. The number of ether oxygens (including phenoxy) is 2. The highest BCUT2D eigenvalue weighted by molar-refractivity contribution is 7.91. The molecule has 1 amide bonds. The Labute approximate surface area is 193 Å². The van der Waals surface area contributed by atoms with Gasteiger partial charge in [0, 0.05) is 37.7 Å². The minimum atomic E-state index is -3.49. The molecule has 168 valence electrons. The van der Waals surface area contributed by atoms with Crippen LogP contribution in [0.5, 0.6) is 11.5 Å². The van der Waals surface area contributed by atoms with Gasteiger partial charge in [0.1, 0.15) is 4.21 Å². The molecule has 0 N–H and O–H groups in total. The molecule has 5 rings (SSSR count). The molecule has 3 aromatic rings. The van der Waals surface area contributed by atoms with Gasteiger partial charge in [-0.2, -0.15) is 9.30 Å². The number of rotatable bonds is 5. The summed E-state index contributed by atoms with van der Waals surface area (Å²) in [5, 5.41) is 1.75. The van der Waals surface area contributed by atoms with Crippen molar-refractivity contribution in [3.05, 3.63) is 47.1 Å². The molecule has 0 saturated carbocycles. The number of hydrogen-bond donors (Lipinski definition) is 0. The summed E-state index contributed by atoms with van der Waals surface area (Å²) in [6, 6.07) is 7.13. The Kier molecular flexibility index (Phi) is 5.66. The molecule has 8 nitrogen and oxygen atoms in total. The van der Waals surface area contributed by atoms with E-state index in [0.717, 1.165) is 10.2 Å². The number of fused-ring (bicyclic) bond motifs is 2. The smallest absolute Gasteiger partial charge is 0.252 e. The lowest BCUT2D eigenvalue weighted by Gasteiger charge is -2.29. The first-order valence-electron chi connectivity index (χ1n) is 10.1. The lowest BCUT2D eigenvalue weighted by molar-refractivity contribution is -0.122. The van der Waals surface area contributed by atoms with Gasteiger partial charge in [0.15, 0.2) is 16.3 Å². The number of carbonyl (C=O) groups is 1. The van der Waals surface area contributed by atoms with Crippen molar-refractivity contribution in [2.45, 2.75) is 23.6 Å². The summed E-state index contributed by atoms with van der Waals surface area (Å²) >= 11 is 2.62. The van der Waals surface area contributed by atoms with Gasteiger partial charge in [-0.15, -0.1) is 17.9 Å². The van der Waals surface area contributed by atoms with E-state index in [1.807, 2.05) is 16.7 Å². The van der Waals surface area contributed by atoms with Crippen LogP contribution in [0.2, 0.25) is 0 Å². The number of nitrogens with zero attached hydrogens (tertiary/aromatic N) is 3. The molecule has 4 heterocycles. The first kappa shape index (κ1) is 21.4. The zero-order valence-corrected chi connectivity index (χ0v) is 19.5. The maximum absolute atomic E-state index is 13.0. The Morgan fingerprint density at radius 1 is 1.25 bits per heavy atom. The largest absolute Gasteiger partial charge is 0.454 e. The highest BCUT2D eigenvalue weighted by atomic mass is 32.2. The molecule has 32 heavy (non-hydrogen) atoms. The Morgan fingerprint density at radius 2 is 2.00 bits per heavy atom. The van der Waals surface area contributed by atoms with E-state index in [9.17, 15) is 13.2 Å². The van der Waals surface area contributed by atoms with Crippen LogP contribution in [0.4, 0.5) is 0 Å². The van der Waals surface area contributed by atoms with Crippen molar-refractivity contribution in [2.75, 3.05) is 19.9 Å². The fraction of sp³-hybridized carbons (Fsp3) is 0.333. The minimum absolute atomic E-state index is 0.199. The summed E-state index contributed by atoms with van der Waals surface area (Å²) in [6.07, 6.45) is 2.67. The van der Waals surface area contributed by atoms with Crippen molar-refractivity contribution in [3.8, 4) is 11.5 Å². The lowest BCUT2D eigenvalue weighted by atomic mass is 9.98. The lowest BCUT2D eigenvalue weighted by Crippen LogP contribution is -2.40. The van der Waals surface area contributed by atoms with Gasteiger partial charge in [-0.05, 0) is 24.3 Å². The molecular formula is C21H21N3O5S3. The summed E-state index contributed by atoms with van der Waals surface area (Å²) < 4.78 is 41.0. The van der Waals surface area contributed by atoms with E-state index in [4.69, 9.17) is 9.47 Å². The number of allylic oxidation sites excluding steroid dienone is 1. The number of thiophene rings is 1. The molecule has 2 aliphatic heterocycles. The van der Waals surface area contributed by atoms with Crippen LogP contribution >= 0.6 is 22.7 Å². The molecule has 0 atom stereocenters. The zero-order valence-electron chi connectivity index (χ0n) is 17.1. The second kappa shape index (κ2) is 8.47. The third-order valence-corrected chi connectivity index (χ3v) is 9.90. The van der Waals surface area contributed by atoms with Gasteiger partial charge in [0.25, 0.3) is 15.9 Å². The van der Waals surface area contributed by atoms with Crippen LogP contribution in [0.3, 0.4) is 0 Å². The van der Waals surface area contributed by atoms with E-state index in [-0.39, 0.29) is 18.6 Å². The maximum atomic E-state index is 13.0. The van der Waals surface area contributed by atoms with E-state index < -0.39 is 10.0 Å². The van der Waals surface area contributed by atoms with Crippen LogP contribution in [0, 0.1) is 5.92 Å². The van der Waals surface area contributed by atoms with Gasteiger partial charge in [-0.3, -0.25) is 4.79 Å². The number of thiazole rings is 1. The van der Waals surface area contributed by atoms with Gasteiger partial charge >= 0.3 is 0 Å². The average molecular weight is 492 g/mol. The van der Waals surface area contributed by atoms with Gasteiger partial charge in [0.05, 0.1) is 10.2 Å². The number of benzene rings is 1. The molecule has 0 spiro atoms. The normalized spacial score (nSPS) is 17.8. The molecule has 0 unspecified atom stereocenters. The highest BCUT2D eigenvalue weighted by Crippen LogP contribution is 2.37. The van der Waals surface area contributed by atoms with Crippen molar-refractivity contribution >= 4 is 48.8 Å². The van der Waals surface area contributed by atoms with Crippen molar-refractivity contribution in [3.63, 3.8) is 0 Å². The Hall–Kier alpha value is -2.47. The second-order valence-corrected chi connectivity index (χ2v) is 11.6. The fourth-order valence-electron chi connectivity index (χ4n) is 3.92. The molecule has 0 radical (unpaired) electrons. The number of hydrogen-bond acceptors (Lipinski definition) is 7. The Balaban J connectivity index is 1.38. The number of sulfonamides is 1. The monoisotopic (exact) mass is 491 g/mol. The molecule has 0 aliphatic carbocycles. The van der Waals surface area contributed by atoms with E-state index >= 15 is 0 Å². The summed E-state index contributed by atoms with van der Waals surface area (Å²) in [6.45, 7) is 5.14. The van der Waals surface area contributed by atoms with Crippen molar-refractivity contribution in [1.82, 2.24) is 8.87 Å². The van der Waals surface area contributed by atoms with E-state index in [2.05, 4.69) is 11.6 Å². The second-order valence-electron chi connectivity index (χ2n) is 7.52.